The molecule has 2 nitrogen and oxygen atoms in total. The number of ether oxygens (including phenoxy) is 1. The van der Waals surface area contributed by atoms with Gasteiger partial charge in [0.1, 0.15) is 5.75 Å². The molecule has 1 aromatic heterocycles. The van der Waals surface area contributed by atoms with Crippen molar-refractivity contribution in [2.24, 2.45) is 0 Å². The summed E-state index contributed by atoms with van der Waals surface area (Å²) in [5, 5.41) is 1.84. The summed E-state index contributed by atoms with van der Waals surface area (Å²) in [7, 11) is 1.68. The molecule has 0 spiro atoms. The molecule has 1 heterocycles. The number of rotatable bonds is 3. The van der Waals surface area contributed by atoms with Crippen molar-refractivity contribution in [2.75, 3.05) is 7.11 Å². The van der Waals surface area contributed by atoms with Crippen molar-refractivity contribution in [3.8, 4) is 28.1 Å². The second-order valence-corrected chi connectivity index (χ2v) is 6.32. The molecule has 122 valence electrons. The van der Waals surface area contributed by atoms with E-state index in [0.717, 1.165) is 38.5 Å². The predicted molar refractivity (Wildman–Crippen MR) is 103 cm³/mol. The zero-order valence-electron chi connectivity index (χ0n) is 13.8. The van der Waals surface area contributed by atoms with E-state index in [4.69, 9.17) is 16.3 Å². The van der Waals surface area contributed by atoms with E-state index in [1.807, 2.05) is 36.4 Å². The molecule has 0 aliphatic heterocycles. The van der Waals surface area contributed by atoms with E-state index in [-0.39, 0.29) is 0 Å². The molecule has 0 unspecified atom stereocenters. The summed E-state index contributed by atoms with van der Waals surface area (Å²) < 4.78 is 5.26. The van der Waals surface area contributed by atoms with Crippen molar-refractivity contribution in [1.29, 1.82) is 0 Å². The Bertz CT molecular complexity index is 1030. The van der Waals surface area contributed by atoms with E-state index in [1.54, 1.807) is 7.11 Å². The number of nitrogens with one attached hydrogen (secondary N) is 1. The van der Waals surface area contributed by atoms with Crippen LogP contribution in [0.5, 0.6) is 5.75 Å². The smallest absolute Gasteiger partial charge is 0.212 e. The number of hydrogen-bond acceptors (Lipinski definition) is 1. The molecule has 0 saturated carbocycles. The van der Waals surface area contributed by atoms with Gasteiger partial charge in [-0.15, -0.1) is 0 Å². The highest BCUT2D eigenvalue weighted by Crippen LogP contribution is 2.31. The standard InChI is InChI=1S/C22H16ClNO/c1-25-18-10-7-16(8-11-18)22-14-19(15-5-3-2-4-6-15)20-13-17(23)9-12-21(20)24-22/h2-14H,1H3/p+1. The molecule has 0 radical (unpaired) electrons. The van der Waals surface area contributed by atoms with Crippen LogP contribution in [0, 0.1) is 0 Å². The molecule has 0 aliphatic rings. The van der Waals surface area contributed by atoms with Crippen LogP contribution in [0.15, 0.2) is 78.9 Å². The van der Waals surface area contributed by atoms with Gasteiger partial charge in [0.15, 0.2) is 0 Å². The zero-order valence-corrected chi connectivity index (χ0v) is 14.5. The maximum atomic E-state index is 6.24. The van der Waals surface area contributed by atoms with Crippen molar-refractivity contribution in [1.82, 2.24) is 0 Å². The second kappa shape index (κ2) is 6.58. The minimum absolute atomic E-state index is 0.732. The lowest BCUT2D eigenvalue weighted by Gasteiger charge is -2.07. The molecular weight excluding hydrogens is 330 g/mol. The minimum Gasteiger partial charge on any atom is -0.497 e. The first kappa shape index (κ1) is 15.7. The third-order valence-electron chi connectivity index (χ3n) is 4.32. The summed E-state index contributed by atoms with van der Waals surface area (Å²) in [6.45, 7) is 0. The van der Waals surface area contributed by atoms with E-state index in [0.29, 0.717) is 0 Å². The lowest BCUT2D eigenvalue weighted by molar-refractivity contribution is -0.330. The van der Waals surface area contributed by atoms with Gasteiger partial charge in [-0.3, -0.25) is 0 Å². The molecule has 3 heteroatoms. The summed E-state index contributed by atoms with van der Waals surface area (Å²) in [6.07, 6.45) is 0. The van der Waals surface area contributed by atoms with Gasteiger partial charge in [0.25, 0.3) is 0 Å². The van der Waals surface area contributed by atoms with Crippen LogP contribution in [0.3, 0.4) is 0 Å². The highest BCUT2D eigenvalue weighted by Gasteiger charge is 2.15. The predicted octanol–water partition coefficient (Wildman–Crippen LogP) is 5.65. The molecule has 0 atom stereocenters. The third kappa shape index (κ3) is 3.09. The minimum atomic E-state index is 0.732. The molecule has 25 heavy (non-hydrogen) atoms. The van der Waals surface area contributed by atoms with Gasteiger partial charge in [-0.25, -0.2) is 4.98 Å². The van der Waals surface area contributed by atoms with Gasteiger partial charge in [-0.2, -0.15) is 0 Å². The van der Waals surface area contributed by atoms with Crippen molar-refractivity contribution >= 4 is 22.5 Å². The van der Waals surface area contributed by atoms with Gasteiger partial charge < -0.3 is 4.74 Å². The van der Waals surface area contributed by atoms with Crippen LogP contribution in [0.4, 0.5) is 0 Å². The molecule has 0 amide bonds. The Hall–Kier alpha value is -2.84. The fourth-order valence-electron chi connectivity index (χ4n) is 3.03. The number of aromatic amines is 1. The number of hydrogen-bond donors (Lipinski definition) is 0. The summed E-state index contributed by atoms with van der Waals surface area (Å²) in [5.74, 6) is 0.847. The Balaban J connectivity index is 1.96. The van der Waals surface area contributed by atoms with E-state index in [9.17, 15) is 0 Å². The van der Waals surface area contributed by atoms with Crippen molar-refractivity contribution < 1.29 is 9.72 Å². The van der Waals surface area contributed by atoms with Crippen LogP contribution >= 0.6 is 11.6 Å². The number of fused-ring (bicyclic) bond motifs is 1. The van der Waals surface area contributed by atoms with Gasteiger partial charge in [-0.1, -0.05) is 41.9 Å². The first-order chi connectivity index (χ1) is 12.2. The molecule has 0 aliphatic carbocycles. The summed E-state index contributed by atoms with van der Waals surface area (Å²) in [4.78, 5) is 3.52. The van der Waals surface area contributed by atoms with E-state index >= 15 is 0 Å². The molecule has 0 bridgehead atoms. The molecule has 4 aromatic rings. The number of aromatic nitrogens is 1. The Labute approximate surface area is 151 Å². The number of halogens is 1. The fourth-order valence-corrected chi connectivity index (χ4v) is 3.21. The first-order valence-corrected chi connectivity index (χ1v) is 8.48. The number of methoxy groups -OCH3 is 1. The highest BCUT2D eigenvalue weighted by atomic mass is 35.5. The van der Waals surface area contributed by atoms with Crippen LogP contribution in [-0.4, -0.2) is 7.11 Å². The SMILES string of the molecule is COc1ccc(-c2cc(-c3ccccc3)c3cc(Cl)ccc3[nH+]2)cc1. The molecule has 0 saturated heterocycles. The van der Waals surface area contributed by atoms with Gasteiger partial charge >= 0.3 is 0 Å². The van der Waals surface area contributed by atoms with Crippen molar-refractivity contribution in [2.45, 2.75) is 0 Å². The van der Waals surface area contributed by atoms with Crippen molar-refractivity contribution in [3.05, 3.63) is 83.9 Å². The van der Waals surface area contributed by atoms with Crippen molar-refractivity contribution in [3.63, 3.8) is 0 Å². The topological polar surface area (TPSA) is 23.4 Å². The van der Waals surface area contributed by atoms with Gasteiger partial charge in [0.05, 0.1) is 12.5 Å². The monoisotopic (exact) mass is 346 g/mol. The normalized spacial score (nSPS) is 10.8. The molecule has 1 N–H and O–H groups in total. The largest absolute Gasteiger partial charge is 0.497 e. The summed E-state index contributed by atoms with van der Waals surface area (Å²) in [5.41, 5.74) is 5.53. The van der Waals surface area contributed by atoms with Crippen LogP contribution < -0.4 is 9.72 Å². The molecular formula is C22H17ClNO+. The van der Waals surface area contributed by atoms with Gasteiger partial charge in [0.2, 0.25) is 11.2 Å². The summed E-state index contributed by atoms with van der Waals surface area (Å²) >= 11 is 6.24. The highest BCUT2D eigenvalue weighted by molar-refractivity contribution is 6.31. The number of H-pyrrole nitrogens is 1. The quantitative estimate of drug-likeness (QED) is 0.470. The maximum Gasteiger partial charge on any atom is 0.212 e. The molecule has 4 rings (SSSR count). The Morgan fingerprint density at radius 2 is 1.56 bits per heavy atom. The maximum absolute atomic E-state index is 6.24. The third-order valence-corrected chi connectivity index (χ3v) is 4.55. The molecule has 3 aromatic carbocycles. The van der Waals surface area contributed by atoms with Crippen LogP contribution in [0.2, 0.25) is 5.02 Å². The van der Waals surface area contributed by atoms with Gasteiger partial charge in [-0.05, 0) is 42.0 Å². The first-order valence-electron chi connectivity index (χ1n) is 8.10. The average Bonchev–Trinajstić information content (AvgIpc) is 2.68. The lowest BCUT2D eigenvalue weighted by atomic mass is 9.98. The zero-order chi connectivity index (χ0) is 17.2. The fraction of sp³-hybridized carbons (Fsp3) is 0.0455. The number of benzene rings is 3. The number of pyridine rings is 1. The van der Waals surface area contributed by atoms with Crippen LogP contribution in [0.25, 0.3) is 33.3 Å². The van der Waals surface area contributed by atoms with Crippen LogP contribution in [-0.2, 0) is 0 Å². The van der Waals surface area contributed by atoms with E-state index in [2.05, 4.69) is 47.4 Å². The Kier molecular flexibility index (Phi) is 4.12. The van der Waals surface area contributed by atoms with E-state index < -0.39 is 0 Å². The average molecular weight is 347 g/mol. The lowest BCUT2D eigenvalue weighted by Crippen LogP contribution is -2.09. The van der Waals surface area contributed by atoms with Gasteiger partial charge in [0, 0.05) is 28.3 Å². The van der Waals surface area contributed by atoms with Crippen LogP contribution in [0.1, 0.15) is 0 Å². The van der Waals surface area contributed by atoms with E-state index in [1.165, 1.54) is 5.56 Å². The Morgan fingerprint density at radius 1 is 0.800 bits per heavy atom. The Morgan fingerprint density at radius 3 is 2.28 bits per heavy atom. The molecule has 0 fully saturated rings. The second-order valence-electron chi connectivity index (χ2n) is 5.88. The summed E-state index contributed by atoms with van der Waals surface area (Å²) in [6, 6.07) is 26.5.